The molecule has 142 valence electrons. The predicted molar refractivity (Wildman–Crippen MR) is 93.5 cm³/mol. The fraction of sp³-hybridized carbons (Fsp3) is 0.625. The Balaban J connectivity index is -0.000000119. The Hall–Kier alpha value is -1.90. The third-order valence-electron chi connectivity index (χ3n) is 1.92. The van der Waals surface area contributed by atoms with Crippen molar-refractivity contribution in [3.8, 4) is 0 Å². The van der Waals surface area contributed by atoms with Crippen molar-refractivity contribution >= 4 is 25.3 Å². The van der Waals surface area contributed by atoms with Crippen molar-refractivity contribution in [2.24, 2.45) is 0 Å². The molecule has 0 aromatic heterocycles. The minimum Gasteiger partial charge on any atom is -0.381 e. The summed E-state index contributed by atoms with van der Waals surface area (Å²) in [6.07, 6.45) is 7.75. The van der Waals surface area contributed by atoms with E-state index in [2.05, 4.69) is 20.4 Å². The second-order valence-corrected chi connectivity index (χ2v) is 3.91. The first-order valence-electron chi connectivity index (χ1n) is 7.42. The van der Waals surface area contributed by atoms with Crippen LogP contribution >= 0.6 is 0 Å². The van der Waals surface area contributed by atoms with Crippen LogP contribution in [0.3, 0.4) is 0 Å². The van der Waals surface area contributed by atoms with Crippen LogP contribution < -0.4 is 10.8 Å². The average Bonchev–Trinajstić information content (AvgIpc) is 2.59. The highest BCUT2D eigenvalue weighted by Crippen LogP contribution is 1.83. The van der Waals surface area contributed by atoms with Gasteiger partial charge in [0.15, 0.2) is 0 Å². The number of amides is 1. The molecule has 0 aromatic carbocycles. The van der Waals surface area contributed by atoms with Crippen molar-refractivity contribution in [1.29, 1.82) is 0 Å². The number of aldehydes is 2. The van der Waals surface area contributed by atoms with Gasteiger partial charge in [0.05, 0.1) is 13.7 Å². The van der Waals surface area contributed by atoms with Crippen LogP contribution in [0.4, 0.5) is 0 Å². The average molecular weight is 348 g/mol. The number of carbonyl (C=O) groups is 4. The van der Waals surface area contributed by atoms with Crippen LogP contribution in [-0.4, -0.2) is 59.7 Å². The van der Waals surface area contributed by atoms with Crippen LogP contribution in [-0.2, 0) is 28.8 Å². The fourth-order valence-electron chi connectivity index (χ4n) is 0.961. The summed E-state index contributed by atoms with van der Waals surface area (Å²) in [6, 6.07) is 0. The van der Waals surface area contributed by atoms with Gasteiger partial charge < -0.3 is 19.6 Å². The van der Waals surface area contributed by atoms with Crippen LogP contribution in [0, 0.1) is 0 Å². The van der Waals surface area contributed by atoms with Gasteiger partial charge in [-0.3, -0.25) is 14.4 Å². The molecule has 1 amide bonds. The number of methoxy groups -OCH3 is 1. The fourth-order valence-corrected chi connectivity index (χ4v) is 0.961. The molecule has 0 fully saturated rings. The second kappa shape index (κ2) is 37.4. The summed E-state index contributed by atoms with van der Waals surface area (Å²) < 4.78 is 4.60. The second-order valence-electron chi connectivity index (χ2n) is 3.91. The molecule has 0 aromatic rings. The van der Waals surface area contributed by atoms with Gasteiger partial charge in [0.25, 0.3) is 0 Å². The van der Waals surface area contributed by atoms with E-state index in [9.17, 15) is 14.4 Å². The molecule has 0 bridgehead atoms. The molecule has 0 unspecified atom stereocenters. The maximum absolute atomic E-state index is 10.4. The SMILES string of the molecule is C=O.CCCC(=O)NOC.CNCCCC=O.COC/C=C\C=O. The molecule has 0 spiro atoms. The summed E-state index contributed by atoms with van der Waals surface area (Å²) >= 11 is 0. The van der Waals surface area contributed by atoms with E-state index >= 15 is 0 Å². The van der Waals surface area contributed by atoms with Crippen molar-refractivity contribution in [2.75, 3.05) is 34.4 Å². The molecular formula is C16H32N2O6. The lowest BCUT2D eigenvalue weighted by Crippen LogP contribution is -2.20. The molecule has 8 nitrogen and oxygen atoms in total. The van der Waals surface area contributed by atoms with Crippen molar-refractivity contribution in [3.05, 3.63) is 12.2 Å². The van der Waals surface area contributed by atoms with Gasteiger partial charge >= 0.3 is 0 Å². The summed E-state index contributed by atoms with van der Waals surface area (Å²) in [5, 5.41) is 2.94. The number of allylic oxidation sites excluding steroid dienone is 1. The van der Waals surface area contributed by atoms with Crippen LogP contribution in [0.2, 0.25) is 0 Å². The molecule has 0 saturated carbocycles. The third kappa shape index (κ3) is 50.1. The summed E-state index contributed by atoms with van der Waals surface area (Å²) in [4.78, 5) is 42.0. The molecule has 0 aliphatic heterocycles. The molecular weight excluding hydrogens is 316 g/mol. The number of unbranched alkanes of at least 4 members (excludes halogenated alkanes) is 1. The van der Waals surface area contributed by atoms with Gasteiger partial charge in [0, 0.05) is 20.0 Å². The molecule has 8 heteroatoms. The Morgan fingerprint density at radius 3 is 2.21 bits per heavy atom. The summed E-state index contributed by atoms with van der Waals surface area (Å²) in [7, 11) is 4.88. The van der Waals surface area contributed by atoms with Gasteiger partial charge in [0.1, 0.15) is 19.4 Å². The Bertz CT molecular complexity index is 278. The van der Waals surface area contributed by atoms with Crippen LogP contribution in [0.5, 0.6) is 0 Å². The maximum atomic E-state index is 10.4. The molecule has 0 aliphatic rings. The third-order valence-corrected chi connectivity index (χ3v) is 1.92. The maximum Gasteiger partial charge on any atom is 0.243 e. The highest BCUT2D eigenvalue weighted by atomic mass is 16.6. The smallest absolute Gasteiger partial charge is 0.243 e. The molecule has 0 radical (unpaired) electrons. The first-order valence-corrected chi connectivity index (χ1v) is 7.42. The topological polar surface area (TPSA) is 111 Å². The highest BCUT2D eigenvalue weighted by molar-refractivity contribution is 5.74. The Morgan fingerprint density at radius 2 is 1.83 bits per heavy atom. The first-order chi connectivity index (χ1) is 11.6. The van der Waals surface area contributed by atoms with E-state index in [-0.39, 0.29) is 5.91 Å². The molecule has 0 saturated heterocycles. The van der Waals surface area contributed by atoms with Gasteiger partial charge in [-0.25, -0.2) is 5.48 Å². The standard InChI is InChI=1S/C5H11NO2.C5H11NO.C5H8O2.CH2O/c1-3-4-5(7)6-8-2;1-6-4-2-3-5-7;1-7-5-3-2-4-6;1-2/h3-4H2,1-2H3,(H,6,7);5-6H,2-4H2,1H3;2-4H,5H2,1H3;1H2/b;;3-2-;. The molecule has 2 N–H and O–H groups in total. The molecule has 24 heavy (non-hydrogen) atoms. The number of nitrogens with one attached hydrogen (secondary N) is 2. The lowest BCUT2D eigenvalue weighted by Gasteiger charge is -1.96. The monoisotopic (exact) mass is 348 g/mol. The summed E-state index contributed by atoms with van der Waals surface area (Å²) in [5.41, 5.74) is 2.21. The number of hydroxylamine groups is 1. The van der Waals surface area contributed by atoms with Crippen molar-refractivity contribution in [2.45, 2.75) is 32.6 Å². The van der Waals surface area contributed by atoms with Crippen LogP contribution in [0.15, 0.2) is 12.2 Å². The van der Waals surface area contributed by atoms with E-state index < -0.39 is 0 Å². The largest absolute Gasteiger partial charge is 0.381 e. The zero-order chi connectivity index (χ0) is 19.5. The van der Waals surface area contributed by atoms with Crippen molar-refractivity contribution in [1.82, 2.24) is 10.8 Å². The van der Waals surface area contributed by atoms with Gasteiger partial charge in [-0.05, 0) is 32.5 Å². The molecule has 0 atom stereocenters. The normalized spacial score (nSPS) is 8.50. The molecule has 0 heterocycles. The highest BCUT2D eigenvalue weighted by Gasteiger charge is 1.93. The summed E-state index contributed by atoms with van der Waals surface area (Å²) in [6.45, 7) is 5.40. The van der Waals surface area contributed by atoms with E-state index in [0.717, 1.165) is 32.0 Å². The Kier molecular flexibility index (Phi) is 46.8. The van der Waals surface area contributed by atoms with Gasteiger partial charge in [-0.1, -0.05) is 13.0 Å². The minimum absolute atomic E-state index is 0.0602. The Labute approximate surface area is 144 Å². The first kappa shape index (κ1) is 30.0. The number of rotatable bonds is 10. The minimum atomic E-state index is -0.0602. The quantitative estimate of drug-likeness (QED) is 0.261. The number of ether oxygens (including phenoxy) is 1. The predicted octanol–water partition coefficient (Wildman–Crippen LogP) is 0.852. The number of carbonyl (C=O) groups excluding carboxylic acids is 4. The van der Waals surface area contributed by atoms with Gasteiger partial charge in [-0.2, -0.15) is 0 Å². The zero-order valence-electron chi connectivity index (χ0n) is 15.2. The van der Waals surface area contributed by atoms with Crippen molar-refractivity contribution in [3.63, 3.8) is 0 Å². The Morgan fingerprint density at radius 1 is 1.21 bits per heavy atom. The van der Waals surface area contributed by atoms with Gasteiger partial charge in [-0.15, -0.1) is 0 Å². The van der Waals surface area contributed by atoms with Crippen LogP contribution in [0.1, 0.15) is 32.6 Å². The number of hydrogen-bond donors (Lipinski definition) is 2. The lowest BCUT2D eigenvalue weighted by molar-refractivity contribution is -0.131. The van der Waals surface area contributed by atoms with Crippen LogP contribution in [0.25, 0.3) is 0 Å². The molecule has 0 aliphatic carbocycles. The van der Waals surface area contributed by atoms with Gasteiger partial charge in [0.2, 0.25) is 5.91 Å². The van der Waals surface area contributed by atoms with Crippen molar-refractivity contribution < 1.29 is 28.8 Å². The molecule has 0 rings (SSSR count). The van der Waals surface area contributed by atoms with E-state index in [1.807, 2.05) is 20.8 Å². The van der Waals surface area contributed by atoms with E-state index in [1.165, 1.54) is 13.2 Å². The lowest BCUT2D eigenvalue weighted by atomic mass is 10.3. The van der Waals surface area contributed by atoms with E-state index in [1.54, 1.807) is 13.2 Å². The summed E-state index contributed by atoms with van der Waals surface area (Å²) in [5.74, 6) is -0.0602. The van der Waals surface area contributed by atoms with E-state index in [4.69, 9.17) is 4.79 Å². The zero-order valence-corrected chi connectivity index (χ0v) is 15.2. The van der Waals surface area contributed by atoms with E-state index in [0.29, 0.717) is 19.4 Å². The number of hydrogen-bond acceptors (Lipinski definition) is 7.